The normalized spacial score (nSPS) is 10.7. The molecule has 3 aromatic rings. The highest BCUT2D eigenvalue weighted by Gasteiger charge is 2.22. The molecule has 32 heavy (non-hydrogen) atoms. The summed E-state index contributed by atoms with van der Waals surface area (Å²) in [6.45, 7) is 4.41. The van der Waals surface area contributed by atoms with Crippen molar-refractivity contribution in [1.29, 1.82) is 0 Å². The summed E-state index contributed by atoms with van der Waals surface area (Å²) in [5.74, 6) is 0.572. The van der Waals surface area contributed by atoms with E-state index in [-0.39, 0.29) is 12.5 Å². The molecule has 0 bridgehead atoms. The van der Waals surface area contributed by atoms with E-state index in [1.807, 2.05) is 60.8 Å². The molecule has 0 saturated heterocycles. The van der Waals surface area contributed by atoms with Crippen molar-refractivity contribution in [1.82, 2.24) is 0 Å². The predicted molar refractivity (Wildman–Crippen MR) is 128 cm³/mol. The van der Waals surface area contributed by atoms with Crippen LogP contribution in [0.3, 0.4) is 0 Å². The Hall–Kier alpha value is -3.58. The molecule has 7 heteroatoms. The number of hydrogen-bond acceptors (Lipinski definition) is 6. The lowest BCUT2D eigenvalue weighted by Gasteiger charge is -2.09. The zero-order chi connectivity index (χ0) is 22.9. The van der Waals surface area contributed by atoms with Crippen LogP contribution in [0.2, 0.25) is 0 Å². The molecule has 0 aliphatic carbocycles. The van der Waals surface area contributed by atoms with Gasteiger partial charge in [0.05, 0.1) is 20.3 Å². The maximum Gasteiger partial charge on any atom is 0.341 e. The van der Waals surface area contributed by atoms with Crippen LogP contribution in [0.4, 0.5) is 5.00 Å². The average molecular weight is 452 g/mol. The summed E-state index contributed by atoms with van der Waals surface area (Å²) >= 11 is 1.27. The van der Waals surface area contributed by atoms with E-state index in [0.717, 1.165) is 11.1 Å². The first kappa shape index (κ1) is 23.1. The van der Waals surface area contributed by atoms with Gasteiger partial charge < -0.3 is 19.5 Å². The van der Waals surface area contributed by atoms with Gasteiger partial charge in [-0.1, -0.05) is 30.3 Å². The summed E-state index contributed by atoms with van der Waals surface area (Å²) in [7, 11) is 1.59. The van der Waals surface area contributed by atoms with Crippen molar-refractivity contribution in [2.75, 3.05) is 25.6 Å². The van der Waals surface area contributed by atoms with Crippen molar-refractivity contribution in [3.05, 3.63) is 71.1 Å². The summed E-state index contributed by atoms with van der Waals surface area (Å²) in [5.41, 5.74) is 2.64. The van der Waals surface area contributed by atoms with Crippen molar-refractivity contribution in [3.63, 3.8) is 0 Å². The Morgan fingerprint density at radius 3 is 2.47 bits per heavy atom. The van der Waals surface area contributed by atoms with Crippen LogP contribution in [0, 0.1) is 0 Å². The lowest BCUT2D eigenvalue weighted by molar-refractivity contribution is -0.111. The maximum atomic E-state index is 12.7. The smallest absolute Gasteiger partial charge is 0.341 e. The molecular weight excluding hydrogens is 426 g/mol. The number of ether oxygens (including phenoxy) is 3. The Morgan fingerprint density at radius 1 is 1.03 bits per heavy atom. The molecule has 0 spiro atoms. The summed E-state index contributed by atoms with van der Waals surface area (Å²) in [5, 5.41) is 5.07. The van der Waals surface area contributed by atoms with E-state index in [1.165, 1.54) is 17.4 Å². The predicted octanol–water partition coefficient (Wildman–Crippen LogP) is 5.65. The number of hydrogen-bond donors (Lipinski definition) is 1. The van der Waals surface area contributed by atoms with Crippen LogP contribution in [-0.4, -0.2) is 32.2 Å². The Labute approximate surface area is 191 Å². The Morgan fingerprint density at radius 2 is 1.78 bits per heavy atom. The van der Waals surface area contributed by atoms with Crippen LogP contribution in [0.5, 0.6) is 11.5 Å². The summed E-state index contributed by atoms with van der Waals surface area (Å²) in [6, 6.07) is 14.8. The van der Waals surface area contributed by atoms with Gasteiger partial charge in [0.2, 0.25) is 5.91 Å². The maximum absolute atomic E-state index is 12.7. The second-order valence-electron chi connectivity index (χ2n) is 6.60. The van der Waals surface area contributed by atoms with E-state index >= 15 is 0 Å². The molecule has 0 atom stereocenters. The van der Waals surface area contributed by atoms with Crippen LogP contribution in [0.1, 0.15) is 29.8 Å². The number of amides is 1. The van der Waals surface area contributed by atoms with Gasteiger partial charge in [0.25, 0.3) is 0 Å². The third kappa shape index (κ3) is 5.56. The van der Waals surface area contributed by atoms with Gasteiger partial charge >= 0.3 is 5.97 Å². The summed E-state index contributed by atoms with van der Waals surface area (Å²) in [4.78, 5) is 25.3. The van der Waals surface area contributed by atoms with E-state index < -0.39 is 5.97 Å². The second-order valence-corrected chi connectivity index (χ2v) is 7.48. The van der Waals surface area contributed by atoms with Crippen LogP contribution in [-0.2, 0) is 9.53 Å². The highest BCUT2D eigenvalue weighted by atomic mass is 32.1. The number of esters is 1. The van der Waals surface area contributed by atoms with Crippen molar-refractivity contribution in [2.24, 2.45) is 0 Å². The van der Waals surface area contributed by atoms with Crippen LogP contribution < -0.4 is 14.8 Å². The Kier molecular flexibility index (Phi) is 8.05. The standard InChI is InChI=1S/C25H25NO5S/c1-4-30-21-9-7-6-8-18(21)12-15-22(27)26-24-23(25(28)31-5-2)20(16-32-24)17-10-13-19(29-3)14-11-17/h6-16H,4-5H2,1-3H3,(H,26,27). The molecule has 1 heterocycles. The fourth-order valence-electron chi connectivity index (χ4n) is 3.06. The fraction of sp³-hybridized carbons (Fsp3) is 0.200. The largest absolute Gasteiger partial charge is 0.497 e. The summed E-state index contributed by atoms with van der Waals surface area (Å²) in [6.07, 6.45) is 3.10. The highest BCUT2D eigenvalue weighted by molar-refractivity contribution is 7.15. The Balaban J connectivity index is 1.86. The Bertz CT molecular complexity index is 1100. The molecule has 6 nitrogen and oxygen atoms in total. The topological polar surface area (TPSA) is 73.9 Å². The van der Waals surface area contributed by atoms with Crippen LogP contribution in [0.15, 0.2) is 60.0 Å². The minimum Gasteiger partial charge on any atom is -0.497 e. The lowest BCUT2D eigenvalue weighted by atomic mass is 10.0. The number of carbonyl (C=O) groups is 2. The monoisotopic (exact) mass is 451 g/mol. The highest BCUT2D eigenvalue weighted by Crippen LogP contribution is 2.37. The molecule has 1 aromatic heterocycles. The molecule has 1 N–H and O–H groups in total. The number of rotatable bonds is 9. The van der Waals surface area contributed by atoms with E-state index in [1.54, 1.807) is 20.1 Å². The molecule has 0 saturated carbocycles. The second kappa shape index (κ2) is 11.2. The van der Waals surface area contributed by atoms with E-state index in [0.29, 0.717) is 34.2 Å². The number of benzene rings is 2. The van der Waals surface area contributed by atoms with Gasteiger partial charge in [-0.2, -0.15) is 0 Å². The van der Waals surface area contributed by atoms with E-state index in [4.69, 9.17) is 14.2 Å². The molecule has 0 aliphatic heterocycles. The third-order valence-electron chi connectivity index (χ3n) is 4.54. The van der Waals surface area contributed by atoms with Crippen molar-refractivity contribution < 1.29 is 23.8 Å². The molecule has 2 aromatic carbocycles. The quantitative estimate of drug-likeness (QED) is 0.336. The van der Waals surface area contributed by atoms with Gasteiger partial charge in [-0.25, -0.2) is 4.79 Å². The van der Waals surface area contributed by atoms with Crippen LogP contribution in [0.25, 0.3) is 17.2 Å². The van der Waals surface area contributed by atoms with Gasteiger partial charge in [-0.15, -0.1) is 11.3 Å². The molecule has 0 aliphatic rings. The van der Waals surface area contributed by atoms with Crippen molar-refractivity contribution in [2.45, 2.75) is 13.8 Å². The lowest BCUT2D eigenvalue weighted by Crippen LogP contribution is -2.12. The fourth-order valence-corrected chi connectivity index (χ4v) is 4.02. The minimum absolute atomic E-state index is 0.234. The first-order valence-corrected chi connectivity index (χ1v) is 11.1. The number of anilines is 1. The zero-order valence-electron chi connectivity index (χ0n) is 18.2. The molecule has 166 valence electrons. The third-order valence-corrected chi connectivity index (χ3v) is 5.44. The van der Waals surface area contributed by atoms with Gasteiger partial charge in [0.15, 0.2) is 0 Å². The number of nitrogens with one attached hydrogen (secondary N) is 1. The number of methoxy groups -OCH3 is 1. The van der Waals surface area contributed by atoms with Crippen molar-refractivity contribution in [3.8, 4) is 22.6 Å². The van der Waals surface area contributed by atoms with E-state index in [9.17, 15) is 9.59 Å². The first-order valence-electron chi connectivity index (χ1n) is 10.2. The van der Waals surface area contributed by atoms with Crippen molar-refractivity contribution >= 4 is 34.3 Å². The van der Waals surface area contributed by atoms with Gasteiger partial charge in [0.1, 0.15) is 22.1 Å². The molecular formula is C25H25NO5S. The van der Waals surface area contributed by atoms with Crippen LogP contribution >= 0.6 is 11.3 Å². The number of carbonyl (C=O) groups excluding carboxylic acids is 2. The molecule has 3 rings (SSSR count). The molecule has 0 unspecified atom stereocenters. The summed E-state index contributed by atoms with van der Waals surface area (Å²) < 4.78 is 16.0. The zero-order valence-corrected chi connectivity index (χ0v) is 19.0. The SMILES string of the molecule is CCOC(=O)c1c(-c2ccc(OC)cc2)csc1NC(=O)C=Cc1ccccc1OCC. The molecule has 0 radical (unpaired) electrons. The van der Waals surface area contributed by atoms with E-state index in [2.05, 4.69) is 5.32 Å². The molecule has 0 fully saturated rings. The van der Waals surface area contributed by atoms with Gasteiger partial charge in [0, 0.05) is 22.6 Å². The molecule has 1 amide bonds. The first-order chi connectivity index (χ1) is 15.6. The van der Waals surface area contributed by atoms with Gasteiger partial charge in [-0.05, 0) is 43.7 Å². The number of thiophene rings is 1. The average Bonchev–Trinajstić information content (AvgIpc) is 3.22. The minimum atomic E-state index is -0.486. The number of para-hydroxylation sites is 1. The van der Waals surface area contributed by atoms with Gasteiger partial charge in [-0.3, -0.25) is 4.79 Å².